The van der Waals surface area contributed by atoms with Crippen molar-refractivity contribution in [3.8, 4) is 11.5 Å². The van der Waals surface area contributed by atoms with E-state index >= 15 is 0 Å². The van der Waals surface area contributed by atoms with Gasteiger partial charge < -0.3 is 9.47 Å². The third-order valence-corrected chi connectivity index (χ3v) is 5.02. The molecule has 1 aliphatic heterocycles. The molecule has 0 aliphatic carbocycles. The van der Waals surface area contributed by atoms with Crippen LogP contribution in [0.15, 0.2) is 72.8 Å². The molecule has 2 amide bonds. The maximum Gasteiger partial charge on any atom is 0.349 e. The second-order valence-corrected chi connectivity index (χ2v) is 7.47. The molecule has 0 bridgehead atoms. The van der Waals surface area contributed by atoms with Crippen LogP contribution in [0.2, 0.25) is 0 Å². The van der Waals surface area contributed by atoms with Crippen LogP contribution in [0.5, 0.6) is 11.5 Å². The van der Waals surface area contributed by atoms with Crippen molar-refractivity contribution in [2.45, 2.75) is 19.8 Å². The summed E-state index contributed by atoms with van der Waals surface area (Å²) in [4.78, 5) is 38.3. The number of imide groups is 1. The van der Waals surface area contributed by atoms with Crippen molar-refractivity contribution < 1.29 is 23.9 Å². The van der Waals surface area contributed by atoms with Gasteiger partial charge in [-0.2, -0.15) is 0 Å². The maximum absolute atomic E-state index is 12.6. The van der Waals surface area contributed by atoms with E-state index in [0.29, 0.717) is 34.2 Å². The molecule has 156 valence electrons. The molecule has 0 spiro atoms. The molecule has 0 saturated carbocycles. The fourth-order valence-electron chi connectivity index (χ4n) is 3.34. The van der Waals surface area contributed by atoms with Gasteiger partial charge in [-0.1, -0.05) is 38.1 Å². The number of rotatable bonds is 6. The highest BCUT2D eigenvalue weighted by molar-refractivity contribution is 6.34. The molecule has 0 atom stereocenters. The number of benzene rings is 3. The molecule has 1 heterocycles. The van der Waals surface area contributed by atoms with E-state index in [0.717, 1.165) is 4.90 Å². The SMILES string of the molecule is CC(C)c1ccc(OCC(=O)Oc2ccc(N3C(=O)c4ccccc4C3=O)cc2)cc1. The summed E-state index contributed by atoms with van der Waals surface area (Å²) in [6.07, 6.45) is 0. The summed E-state index contributed by atoms with van der Waals surface area (Å²) in [5.74, 6) is -0.000357. The Morgan fingerprint density at radius 3 is 1.90 bits per heavy atom. The minimum absolute atomic E-state index is 0.235. The van der Waals surface area contributed by atoms with Crippen LogP contribution in [0, 0.1) is 0 Å². The van der Waals surface area contributed by atoms with Gasteiger partial charge in [-0.05, 0) is 60.0 Å². The van der Waals surface area contributed by atoms with Gasteiger partial charge in [0.1, 0.15) is 11.5 Å². The van der Waals surface area contributed by atoms with Crippen molar-refractivity contribution in [2.75, 3.05) is 11.5 Å². The summed E-state index contributed by atoms with van der Waals surface area (Å²) in [6.45, 7) is 3.97. The van der Waals surface area contributed by atoms with Gasteiger partial charge in [0.15, 0.2) is 6.61 Å². The van der Waals surface area contributed by atoms with E-state index in [1.165, 1.54) is 17.7 Å². The number of carbonyl (C=O) groups excluding carboxylic acids is 3. The van der Waals surface area contributed by atoms with Crippen molar-refractivity contribution in [1.29, 1.82) is 0 Å². The molecule has 0 unspecified atom stereocenters. The average molecular weight is 415 g/mol. The molecule has 0 aromatic heterocycles. The third-order valence-electron chi connectivity index (χ3n) is 5.02. The number of amides is 2. The highest BCUT2D eigenvalue weighted by atomic mass is 16.6. The lowest BCUT2D eigenvalue weighted by molar-refractivity contribution is -0.136. The van der Waals surface area contributed by atoms with Gasteiger partial charge in [0.25, 0.3) is 11.8 Å². The van der Waals surface area contributed by atoms with Crippen LogP contribution >= 0.6 is 0 Å². The molecule has 0 N–H and O–H groups in total. The number of fused-ring (bicyclic) bond motifs is 1. The minimum Gasteiger partial charge on any atom is -0.482 e. The first-order valence-electron chi connectivity index (χ1n) is 9.95. The van der Waals surface area contributed by atoms with E-state index in [-0.39, 0.29) is 18.4 Å². The number of esters is 1. The van der Waals surface area contributed by atoms with Crippen LogP contribution in [0.1, 0.15) is 46.0 Å². The summed E-state index contributed by atoms with van der Waals surface area (Å²) in [5, 5.41) is 0. The van der Waals surface area contributed by atoms with Crippen molar-refractivity contribution in [1.82, 2.24) is 0 Å². The number of hydrogen-bond acceptors (Lipinski definition) is 5. The molecule has 0 radical (unpaired) electrons. The van der Waals surface area contributed by atoms with Gasteiger partial charge >= 0.3 is 5.97 Å². The lowest BCUT2D eigenvalue weighted by atomic mass is 10.0. The Bertz CT molecular complexity index is 1100. The zero-order valence-electron chi connectivity index (χ0n) is 17.2. The van der Waals surface area contributed by atoms with E-state index in [1.807, 2.05) is 24.3 Å². The van der Waals surface area contributed by atoms with Gasteiger partial charge in [-0.3, -0.25) is 9.59 Å². The highest BCUT2D eigenvalue weighted by Crippen LogP contribution is 2.29. The summed E-state index contributed by atoms with van der Waals surface area (Å²) in [5.41, 5.74) is 2.35. The Labute approximate surface area is 180 Å². The molecule has 1 aliphatic rings. The predicted molar refractivity (Wildman–Crippen MR) is 116 cm³/mol. The second-order valence-electron chi connectivity index (χ2n) is 7.47. The highest BCUT2D eigenvalue weighted by Gasteiger charge is 2.36. The van der Waals surface area contributed by atoms with Crippen LogP contribution in [0.3, 0.4) is 0 Å². The molecule has 3 aromatic carbocycles. The Kier molecular flexibility index (Phi) is 5.54. The third kappa shape index (κ3) is 4.19. The van der Waals surface area contributed by atoms with Crippen molar-refractivity contribution in [3.63, 3.8) is 0 Å². The Morgan fingerprint density at radius 2 is 1.35 bits per heavy atom. The van der Waals surface area contributed by atoms with Gasteiger partial charge in [-0.25, -0.2) is 9.69 Å². The summed E-state index contributed by atoms with van der Waals surface area (Å²) in [6, 6.07) is 20.5. The fourth-order valence-corrected chi connectivity index (χ4v) is 3.34. The standard InChI is InChI=1S/C25H21NO5/c1-16(2)17-7-11-19(12-8-17)30-15-23(27)31-20-13-9-18(10-14-20)26-24(28)21-5-3-4-6-22(21)25(26)29/h3-14,16H,15H2,1-2H3. The number of anilines is 1. The van der Waals surface area contributed by atoms with Crippen LogP contribution in [0.25, 0.3) is 0 Å². The molecule has 6 heteroatoms. The monoisotopic (exact) mass is 415 g/mol. The molecule has 0 fully saturated rings. The Morgan fingerprint density at radius 1 is 0.806 bits per heavy atom. The topological polar surface area (TPSA) is 72.9 Å². The largest absolute Gasteiger partial charge is 0.482 e. The molecule has 31 heavy (non-hydrogen) atoms. The minimum atomic E-state index is -0.554. The first kappa shape index (κ1) is 20.3. The second kappa shape index (κ2) is 8.44. The van der Waals surface area contributed by atoms with Crippen LogP contribution in [-0.4, -0.2) is 24.4 Å². The van der Waals surface area contributed by atoms with Crippen molar-refractivity contribution >= 4 is 23.5 Å². The Hall–Kier alpha value is -3.93. The van der Waals surface area contributed by atoms with Gasteiger partial charge in [-0.15, -0.1) is 0 Å². The average Bonchev–Trinajstić information content (AvgIpc) is 3.04. The normalized spacial score (nSPS) is 12.8. The molecule has 0 saturated heterocycles. The van der Waals surface area contributed by atoms with Gasteiger partial charge in [0.05, 0.1) is 16.8 Å². The number of ether oxygens (including phenoxy) is 2. The van der Waals surface area contributed by atoms with Crippen molar-refractivity contribution in [3.05, 3.63) is 89.5 Å². The molecular formula is C25H21NO5. The first-order valence-corrected chi connectivity index (χ1v) is 9.95. The maximum atomic E-state index is 12.6. The van der Waals surface area contributed by atoms with Gasteiger partial charge in [0, 0.05) is 0 Å². The first-order chi connectivity index (χ1) is 14.9. The van der Waals surface area contributed by atoms with Crippen molar-refractivity contribution in [2.24, 2.45) is 0 Å². The summed E-state index contributed by atoms with van der Waals surface area (Å²) < 4.78 is 10.8. The van der Waals surface area contributed by atoms with Crippen LogP contribution < -0.4 is 14.4 Å². The lowest BCUT2D eigenvalue weighted by Crippen LogP contribution is -2.29. The molecule has 4 rings (SSSR count). The Balaban J connectivity index is 1.36. The summed E-state index contributed by atoms with van der Waals surface area (Å²) in [7, 11) is 0. The molecule has 3 aromatic rings. The zero-order chi connectivity index (χ0) is 22.0. The van der Waals surface area contributed by atoms with Crippen LogP contribution in [-0.2, 0) is 4.79 Å². The zero-order valence-corrected chi connectivity index (χ0v) is 17.2. The smallest absolute Gasteiger partial charge is 0.349 e. The summed E-state index contributed by atoms with van der Waals surface area (Å²) >= 11 is 0. The van der Waals surface area contributed by atoms with E-state index in [4.69, 9.17) is 9.47 Å². The van der Waals surface area contributed by atoms with E-state index < -0.39 is 5.97 Å². The fraction of sp³-hybridized carbons (Fsp3) is 0.160. The number of hydrogen-bond donors (Lipinski definition) is 0. The number of nitrogens with zero attached hydrogens (tertiary/aromatic N) is 1. The van der Waals surface area contributed by atoms with E-state index in [1.54, 1.807) is 36.4 Å². The predicted octanol–water partition coefficient (Wildman–Crippen LogP) is 4.60. The number of carbonyl (C=O) groups is 3. The quantitative estimate of drug-likeness (QED) is 0.334. The van der Waals surface area contributed by atoms with Gasteiger partial charge in [0.2, 0.25) is 0 Å². The molecular weight excluding hydrogens is 394 g/mol. The lowest BCUT2D eigenvalue weighted by Gasteiger charge is -2.14. The van der Waals surface area contributed by atoms with E-state index in [9.17, 15) is 14.4 Å². The van der Waals surface area contributed by atoms with E-state index in [2.05, 4.69) is 13.8 Å². The van der Waals surface area contributed by atoms with Crippen LogP contribution in [0.4, 0.5) is 5.69 Å². The molecule has 6 nitrogen and oxygen atoms in total.